The average Bonchev–Trinajstić information content (AvgIpc) is 2.94. The Hall–Kier alpha value is -3.49. The second-order valence-corrected chi connectivity index (χ2v) is 6.23. The molecule has 2 rings (SSSR count). The summed E-state index contributed by atoms with van der Waals surface area (Å²) in [7, 11) is 1.31. The first kappa shape index (κ1) is 20.8. The summed E-state index contributed by atoms with van der Waals surface area (Å²) in [5.41, 5.74) is 1.14. The van der Waals surface area contributed by atoms with Gasteiger partial charge in [-0.15, -0.1) is 0 Å². The number of non-ortho nitro benzene ring substituents is 1. The summed E-state index contributed by atoms with van der Waals surface area (Å²) in [5.74, 6) is -1.56. The van der Waals surface area contributed by atoms with Gasteiger partial charge >= 0.3 is 5.97 Å². The number of methoxy groups -OCH3 is 1. The number of nitro groups is 1. The Balaban J connectivity index is 2.29. The first-order valence-electron chi connectivity index (χ1n) is 8.36. The number of H-pyrrole nitrogens is 1. The highest BCUT2D eigenvalue weighted by Crippen LogP contribution is 2.26. The second kappa shape index (κ2) is 8.03. The molecule has 0 spiro atoms. The van der Waals surface area contributed by atoms with Crippen LogP contribution in [0.5, 0.6) is 5.75 Å². The maximum absolute atomic E-state index is 12.7. The lowest BCUT2D eigenvalue weighted by Gasteiger charge is -2.14. The first-order valence-corrected chi connectivity index (χ1v) is 8.36. The molecule has 9 heteroatoms. The van der Waals surface area contributed by atoms with Gasteiger partial charge < -0.3 is 14.5 Å². The standard InChI is InChI=1S/C19H20N2O7/c1-9-16(11(3)22)10(2)20-17(9)18(23)12(4)28-19(24)14-8-13(21(25)26)6-7-15(14)27-5/h6-8,12,20H,1-5H3/t12-/m0/s1. The van der Waals surface area contributed by atoms with Crippen LogP contribution in [0.25, 0.3) is 0 Å². The Kier molecular flexibility index (Phi) is 5.97. The molecule has 0 bridgehead atoms. The number of hydrogen-bond donors (Lipinski definition) is 1. The molecular weight excluding hydrogens is 368 g/mol. The molecule has 0 saturated heterocycles. The quantitative estimate of drug-likeness (QED) is 0.334. The normalized spacial score (nSPS) is 11.6. The van der Waals surface area contributed by atoms with E-state index in [1.54, 1.807) is 13.8 Å². The molecule has 0 aliphatic heterocycles. The third-order valence-electron chi connectivity index (χ3n) is 4.30. The van der Waals surface area contributed by atoms with Gasteiger partial charge in [0.25, 0.3) is 5.69 Å². The van der Waals surface area contributed by atoms with Crippen molar-refractivity contribution in [1.82, 2.24) is 4.98 Å². The van der Waals surface area contributed by atoms with Crippen molar-refractivity contribution in [2.75, 3.05) is 7.11 Å². The molecule has 148 valence electrons. The van der Waals surface area contributed by atoms with E-state index in [4.69, 9.17) is 9.47 Å². The highest BCUT2D eigenvalue weighted by Gasteiger charge is 2.28. The van der Waals surface area contributed by atoms with E-state index >= 15 is 0 Å². The van der Waals surface area contributed by atoms with Crippen LogP contribution in [-0.2, 0) is 4.74 Å². The van der Waals surface area contributed by atoms with E-state index in [1.807, 2.05) is 0 Å². The Labute approximate surface area is 160 Å². The molecule has 1 atom stereocenters. The van der Waals surface area contributed by atoms with Crippen molar-refractivity contribution in [2.45, 2.75) is 33.8 Å². The van der Waals surface area contributed by atoms with E-state index in [0.717, 1.165) is 6.07 Å². The monoisotopic (exact) mass is 388 g/mol. The molecule has 0 aliphatic carbocycles. The number of aromatic amines is 1. The van der Waals surface area contributed by atoms with Gasteiger partial charge in [-0.1, -0.05) is 0 Å². The molecule has 0 fully saturated rings. The number of Topliss-reactive ketones (excluding diaryl/α,β-unsaturated/α-hetero) is 2. The molecule has 0 unspecified atom stereocenters. The number of carbonyl (C=O) groups is 3. The van der Waals surface area contributed by atoms with Crippen molar-refractivity contribution in [1.29, 1.82) is 0 Å². The van der Waals surface area contributed by atoms with E-state index in [-0.39, 0.29) is 28.5 Å². The molecular formula is C19H20N2O7. The first-order chi connectivity index (χ1) is 13.1. The Morgan fingerprint density at radius 1 is 1.21 bits per heavy atom. The Morgan fingerprint density at radius 3 is 2.36 bits per heavy atom. The lowest BCUT2D eigenvalue weighted by Crippen LogP contribution is -2.25. The van der Waals surface area contributed by atoms with Crippen molar-refractivity contribution < 1.29 is 28.8 Å². The van der Waals surface area contributed by atoms with Gasteiger partial charge in [0.2, 0.25) is 5.78 Å². The lowest BCUT2D eigenvalue weighted by molar-refractivity contribution is -0.384. The predicted molar refractivity (Wildman–Crippen MR) is 99.1 cm³/mol. The van der Waals surface area contributed by atoms with Crippen LogP contribution in [0.3, 0.4) is 0 Å². The van der Waals surface area contributed by atoms with Crippen LogP contribution in [0.4, 0.5) is 5.69 Å². The Bertz CT molecular complexity index is 975. The zero-order chi connectivity index (χ0) is 21.2. The maximum atomic E-state index is 12.7. The molecule has 1 heterocycles. The predicted octanol–water partition coefficient (Wildman–Crippen LogP) is 3.18. The van der Waals surface area contributed by atoms with E-state index in [9.17, 15) is 24.5 Å². The zero-order valence-electron chi connectivity index (χ0n) is 16.1. The van der Waals surface area contributed by atoms with Crippen LogP contribution in [0.1, 0.15) is 56.3 Å². The van der Waals surface area contributed by atoms with Crippen LogP contribution < -0.4 is 4.74 Å². The summed E-state index contributed by atoms with van der Waals surface area (Å²) in [4.78, 5) is 50.0. The molecule has 1 aromatic carbocycles. The number of ketones is 2. The van der Waals surface area contributed by atoms with Crippen molar-refractivity contribution in [3.05, 3.63) is 56.4 Å². The molecule has 0 saturated carbocycles. The number of nitro benzene ring substituents is 1. The van der Waals surface area contributed by atoms with Gasteiger partial charge in [0.05, 0.1) is 17.7 Å². The number of esters is 1. The van der Waals surface area contributed by atoms with Gasteiger partial charge in [0.1, 0.15) is 11.3 Å². The summed E-state index contributed by atoms with van der Waals surface area (Å²) >= 11 is 0. The van der Waals surface area contributed by atoms with Crippen molar-refractivity contribution >= 4 is 23.2 Å². The van der Waals surface area contributed by atoms with Gasteiger partial charge in [0.15, 0.2) is 11.9 Å². The van der Waals surface area contributed by atoms with Gasteiger partial charge in [0, 0.05) is 23.4 Å². The largest absolute Gasteiger partial charge is 0.496 e. The number of nitrogens with zero attached hydrogens (tertiary/aromatic N) is 1. The molecule has 0 amide bonds. The lowest BCUT2D eigenvalue weighted by atomic mass is 10.0. The average molecular weight is 388 g/mol. The van der Waals surface area contributed by atoms with Crippen molar-refractivity contribution in [2.24, 2.45) is 0 Å². The van der Waals surface area contributed by atoms with Gasteiger partial charge in [-0.25, -0.2) is 4.79 Å². The van der Waals surface area contributed by atoms with E-state index in [1.165, 1.54) is 33.1 Å². The number of aryl methyl sites for hydroxylation is 1. The number of carbonyl (C=O) groups excluding carboxylic acids is 3. The van der Waals surface area contributed by atoms with Gasteiger partial charge in [-0.3, -0.25) is 19.7 Å². The molecule has 0 aliphatic rings. The minimum atomic E-state index is -1.19. The van der Waals surface area contributed by atoms with E-state index in [0.29, 0.717) is 16.8 Å². The highest BCUT2D eigenvalue weighted by molar-refractivity contribution is 6.05. The summed E-state index contributed by atoms with van der Waals surface area (Å²) in [6.07, 6.45) is -1.19. The smallest absolute Gasteiger partial charge is 0.342 e. The number of hydrogen-bond acceptors (Lipinski definition) is 7. The summed E-state index contributed by atoms with van der Waals surface area (Å²) in [6, 6.07) is 3.49. The molecule has 1 N–H and O–H groups in total. The molecule has 28 heavy (non-hydrogen) atoms. The summed E-state index contributed by atoms with van der Waals surface area (Å²) < 4.78 is 10.2. The minimum absolute atomic E-state index is 0.0843. The molecule has 0 radical (unpaired) electrons. The fourth-order valence-corrected chi connectivity index (χ4v) is 2.97. The van der Waals surface area contributed by atoms with Crippen LogP contribution in [-0.4, -0.2) is 40.7 Å². The van der Waals surface area contributed by atoms with Gasteiger partial charge in [-0.2, -0.15) is 0 Å². The number of nitrogens with one attached hydrogen (secondary N) is 1. The van der Waals surface area contributed by atoms with E-state index < -0.39 is 22.8 Å². The van der Waals surface area contributed by atoms with E-state index in [2.05, 4.69) is 4.98 Å². The van der Waals surface area contributed by atoms with Crippen LogP contribution in [0.15, 0.2) is 18.2 Å². The zero-order valence-corrected chi connectivity index (χ0v) is 16.1. The number of rotatable bonds is 7. The maximum Gasteiger partial charge on any atom is 0.342 e. The highest BCUT2D eigenvalue weighted by atomic mass is 16.6. The summed E-state index contributed by atoms with van der Waals surface area (Å²) in [5, 5.41) is 10.9. The molecule has 9 nitrogen and oxygen atoms in total. The second-order valence-electron chi connectivity index (χ2n) is 6.23. The topological polar surface area (TPSA) is 129 Å². The number of ether oxygens (including phenoxy) is 2. The van der Waals surface area contributed by atoms with Gasteiger partial charge in [-0.05, 0) is 39.3 Å². The van der Waals surface area contributed by atoms with Crippen LogP contribution in [0, 0.1) is 24.0 Å². The number of benzene rings is 1. The SMILES string of the molecule is COc1ccc([N+](=O)[O-])cc1C(=O)O[C@@H](C)C(=O)c1[nH]c(C)c(C(C)=O)c1C. The number of aromatic nitrogens is 1. The van der Waals surface area contributed by atoms with Crippen LogP contribution in [0.2, 0.25) is 0 Å². The van der Waals surface area contributed by atoms with Crippen LogP contribution >= 0.6 is 0 Å². The molecule has 2 aromatic rings. The fraction of sp³-hybridized carbons (Fsp3) is 0.316. The van der Waals surface area contributed by atoms with Crippen molar-refractivity contribution in [3.63, 3.8) is 0 Å². The third-order valence-corrected chi connectivity index (χ3v) is 4.30. The summed E-state index contributed by atoms with van der Waals surface area (Å²) in [6.45, 7) is 6.08. The van der Waals surface area contributed by atoms with Crippen molar-refractivity contribution in [3.8, 4) is 5.75 Å². The molecule has 1 aromatic heterocycles. The minimum Gasteiger partial charge on any atom is -0.496 e. The Morgan fingerprint density at radius 2 is 1.86 bits per heavy atom. The third kappa shape index (κ3) is 3.93. The fourth-order valence-electron chi connectivity index (χ4n) is 2.97.